The van der Waals surface area contributed by atoms with E-state index in [0.29, 0.717) is 12.7 Å². The van der Waals surface area contributed by atoms with Gasteiger partial charge in [-0.1, -0.05) is 0 Å². The van der Waals surface area contributed by atoms with E-state index in [1.54, 1.807) is 0 Å². The molecule has 1 saturated heterocycles. The molecule has 3 nitrogen and oxygen atoms in total. The first kappa shape index (κ1) is 8.97. The molecule has 1 aliphatic heterocycles. The maximum Gasteiger partial charge on any atom is 0.0703 e. The fourth-order valence-electron chi connectivity index (χ4n) is 1.47. The van der Waals surface area contributed by atoms with Crippen molar-refractivity contribution in [2.24, 2.45) is 0 Å². The van der Waals surface area contributed by atoms with E-state index >= 15 is 0 Å². The lowest BCUT2D eigenvalue weighted by Crippen LogP contribution is -2.37. The number of rotatable bonds is 3. The highest BCUT2D eigenvalue weighted by Crippen LogP contribution is 2.10. The highest BCUT2D eigenvalue weighted by atomic mass is 16.5. The monoisotopic (exact) mass is 159 g/mol. The molecule has 0 saturated carbocycles. The Kier molecular flexibility index (Phi) is 3.83. The van der Waals surface area contributed by atoms with Crippen LogP contribution in [0.15, 0.2) is 0 Å². The summed E-state index contributed by atoms with van der Waals surface area (Å²) in [4.78, 5) is 2.27. The quantitative estimate of drug-likeness (QED) is 0.633. The van der Waals surface area contributed by atoms with Crippen LogP contribution in [0, 0.1) is 0 Å². The maximum atomic E-state index is 8.52. The Hall–Kier alpha value is -0.120. The predicted octanol–water partition coefficient (Wildman–Crippen LogP) is 0.0895. The summed E-state index contributed by atoms with van der Waals surface area (Å²) in [5.41, 5.74) is 0. The molecule has 1 fully saturated rings. The first-order chi connectivity index (χ1) is 5.33. The van der Waals surface area contributed by atoms with E-state index < -0.39 is 0 Å². The van der Waals surface area contributed by atoms with Gasteiger partial charge in [0, 0.05) is 6.54 Å². The minimum absolute atomic E-state index is 0.139. The molecule has 66 valence electrons. The minimum atomic E-state index is 0.139. The number of hydrogen-bond acceptors (Lipinski definition) is 3. The molecule has 3 heteroatoms. The normalized spacial score (nSPS) is 27.3. The number of likely N-dealkylation sites (tertiary alicyclic amines) is 1. The number of likely N-dealkylation sites (N-methyl/N-ethyl adjacent to an activating group) is 1. The Morgan fingerprint density at radius 3 is 3.09 bits per heavy atom. The number of nitrogens with zero attached hydrogens (tertiary/aromatic N) is 1. The molecule has 1 aliphatic rings. The summed E-state index contributed by atoms with van der Waals surface area (Å²) in [5, 5.41) is 8.52. The van der Waals surface area contributed by atoms with Crippen LogP contribution < -0.4 is 0 Å². The Morgan fingerprint density at radius 2 is 2.45 bits per heavy atom. The summed E-state index contributed by atoms with van der Waals surface area (Å²) < 4.78 is 5.41. The lowest BCUT2D eigenvalue weighted by molar-refractivity contribution is -0.00876. The second kappa shape index (κ2) is 4.70. The molecular formula is C8H17NO2. The van der Waals surface area contributed by atoms with Gasteiger partial charge in [-0.25, -0.2) is 0 Å². The van der Waals surface area contributed by atoms with Crippen molar-refractivity contribution in [2.45, 2.75) is 18.9 Å². The maximum absolute atomic E-state index is 8.52. The lowest BCUT2D eigenvalue weighted by atomic mass is 10.1. The van der Waals surface area contributed by atoms with Crippen LogP contribution in [0.2, 0.25) is 0 Å². The SMILES string of the molecule is CN1CCC[C@@H](OCCO)C1. The predicted molar refractivity (Wildman–Crippen MR) is 43.6 cm³/mol. The van der Waals surface area contributed by atoms with E-state index in [0.717, 1.165) is 13.0 Å². The zero-order chi connectivity index (χ0) is 8.10. The standard InChI is InChI=1S/C8H17NO2/c1-9-4-2-3-8(7-9)11-6-5-10/h8,10H,2-7H2,1H3/t8-/m1/s1. The molecule has 1 N–H and O–H groups in total. The van der Waals surface area contributed by atoms with Gasteiger partial charge in [0.25, 0.3) is 0 Å². The van der Waals surface area contributed by atoms with Gasteiger partial charge in [-0.3, -0.25) is 0 Å². The molecule has 0 radical (unpaired) electrons. The molecular weight excluding hydrogens is 142 g/mol. The zero-order valence-electron chi connectivity index (χ0n) is 7.12. The van der Waals surface area contributed by atoms with Gasteiger partial charge in [0.05, 0.1) is 19.3 Å². The minimum Gasteiger partial charge on any atom is -0.394 e. The van der Waals surface area contributed by atoms with Crippen molar-refractivity contribution in [3.05, 3.63) is 0 Å². The van der Waals surface area contributed by atoms with Crippen molar-refractivity contribution in [1.82, 2.24) is 4.90 Å². The largest absolute Gasteiger partial charge is 0.394 e. The van der Waals surface area contributed by atoms with Gasteiger partial charge in [-0.15, -0.1) is 0 Å². The second-order valence-electron chi connectivity index (χ2n) is 3.12. The highest BCUT2D eigenvalue weighted by Gasteiger charge is 2.16. The summed E-state index contributed by atoms with van der Waals surface area (Å²) in [6, 6.07) is 0. The van der Waals surface area contributed by atoms with Crippen LogP contribution in [0.5, 0.6) is 0 Å². The average Bonchev–Trinajstić information content (AvgIpc) is 2.01. The van der Waals surface area contributed by atoms with Gasteiger partial charge in [-0.05, 0) is 26.4 Å². The Bertz CT molecular complexity index is 108. The Balaban J connectivity index is 2.12. The first-order valence-corrected chi connectivity index (χ1v) is 4.24. The van der Waals surface area contributed by atoms with Crippen LogP contribution in [-0.2, 0) is 4.74 Å². The molecule has 0 spiro atoms. The summed E-state index contributed by atoms with van der Waals surface area (Å²) in [5.74, 6) is 0. The summed E-state index contributed by atoms with van der Waals surface area (Å²) in [6.45, 7) is 2.82. The number of ether oxygens (including phenoxy) is 1. The topological polar surface area (TPSA) is 32.7 Å². The molecule has 0 amide bonds. The van der Waals surface area contributed by atoms with Crippen LogP contribution in [0.25, 0.3) is 0 Å². The molecule has 0 aromatic rings. The summed E-state index contributed by atoms with van der Waals surface area (Å²) in [7, 11) is 2.11. The number of hydrogen-bond donors (Lipinski definition) is 1. The van der Waals surface area contributed by atoms with E-state index in [9.17, 15) is 0 Å². The van der Waals surface area contributed by atoms with Crippen molar-refractivity contribution in [1.29, 1.82) is 0 Å². The zero-order valence-corrected chi connectivity index (χ0v) is 7.12. The highest BCUT2D eigenvalue weighted by molar-refractivity contribution is 4.70. The second-order valence-corrected chi connectivity index (χ2v) is 3.12. The smallest absolute Gasteiger partial charge is 0.0703 e. The third-order valence-corrected chi connectivity index (χ3v) is 2.03. The van der Waals surface area contributed by atoms with Gasteiger partial charge in [-0.2, -0.15) is 0 Å². The van der Waals surface area contributed by atoms with Gasteiger partial charge >= 0.3 is 0 Å². The molecule has 0 aromatic carbocycles. The molecule has 1 atom stereocenters. The molecule has 1 heterocycles. The number of piperidine rings is 1. The molecule has 0 unspecified atom stereocenters. The van der Waals surface area contributed by atoms with Gasteiger partial charge in [0.2, 0.25) is 0 Å². The van der Waals surface area contributed by atoms with E-state index in [1.165, 1.54) is 13.0 Å². The number of aliphatic hydroxyl groups excluding tert-OH is 1. The molecule has 1 rings (SSSR count). The summed E-state index contributed by atoms with van der Waals surface area (Å²) >= 11 is 0. The van der Waals surface area contributed by atoms with Gasteiger partial charge in [0.15, 0.2) is 0 Å². The fourth-order valence-corrected chi connectivity index (χ4v) is 1.47. The fraction of sp³-hybridized carbons (Fsp3) is 1.00. The van der Waals surface area contributed by atoms with Crippen molar-refractivity contribution in [3.8, 4) is 0 Å². The van der Waals surface area contributed by atoms with Crippen molar-refractivity contribution < 1.29 is 9.84 Å². The molecule has 0 bridgehead atoms. The van der Waals surface area contributed by atoms with Crippen molar-refractivity contribution >= 4 is 0 Å². The van der Waals surface area contributed by atoms with Crippen LogP contribution in [0.1, 0.15) is 12.8 Å². The van der Waals surface area contributed by atoms with Crippen molar-refractivity contribution in [3.63, 3.8) is 0 Å². The lowest BCUT2D eigenvalue weighted by Gasteiger charge is -2.29. The third-order valence-electron chi connectivity index (χ3n) is 2.03. The van der Waals surface area contributed by atoms with Crippen LogP contribution in [0.4, 0.5) is 0 Å². The molecule has 11 heavy (non-hydrogen) atoms. The first-order valence-electron chi connectivity index (χ1n) is 4.24. The van der Waals surface area contributed by atoms with Crippen LogP contribution >= 0.6 is 0 Å². The van der Waals surface area contributed by atoms with Crippen LogP contribution in [0.3, 0.4) is 0 Å². The summed E-state index contributed by atoms with van der Waals surface area (Å²) in [6.07, 6.45) is 2.71. The van der Waals surface area contributed by atoms with Crippen LogP contribution in [-0.4, -0.2) is 49.5 Å². The molecule has 0 aromatic heterocycles. The number of aliphatic hydroxyl groups is 1. The molecule has 0 aliphatic carbocycles. The van der Waals surface area contributed by atoms with Gasteiger partial charge < -0.3 is 14.7 Å². The Morgan fingerprint density at radius 1 is 1.64 bits per heavy atom. The van der Waals surface area contributed by atoms with E-state index in [2.05, 4.69) is 11.9 Å². The van der Waals surface area contributed by atoms with E-state index in [-0.39, 0.29) is 6.61 Å². The third kappa shape index (κ3) is 3.18. The van der Waals surface area contributed by atoms with Crippen molar-refractivity contribution in [2.75, 3.05) is 33.4 Å². The van der Waals surface area contributed by atoms with Gasteiger partial charge in [0.1, 0.15) is 0 Å². The average molecular weight is 159 g/mol. The van der Waals surface area contributed by atoms with E-state index in [1.807, 2.05) is 0 Å². The Labute approximate surface area is 68.0 Å². The van der Waals surface area contributed by atoms with E-state index in [4.69, 9.17) is 9.84 Å².